The van der Waals surface area contributed by atoms with E-state index in [4.69, 9.17) is 4.74 Å². The van der Waals surface area contributed by atoms with Crippen molar-refractivity contribution in [2.75, 3.05) is 6.54 Å². The van der Waals surface area contributed by atoms with E-state index < -0.39 is 5.60 Å². The molecule has 1 unspecified atom stereocenters. The number of ether oxygens (including phenoxy) is 1. The van der Waals surface area contributed by atoms with Crippen molar-refractivity contribution in [3.63, 3.8) is 0 Å². The normalized spacial score (nSPS) is 12.8. The first kappa shape index (κ1) is 17.4. The number of aliphatic hydroxyl groups is 1. The van der Waals surface area contributed by atoms with E-state index in [-0.39, 0.29) is 18.6 Å². The lowest BCUT2D eigenvalue weighted by Gasteiger charge is -2.25. The van der Waals surface area contributed by atoms with Gasteiger partial charge in [0, 0.05) is 24.4 Å². The van der Waals surface area contributed by atoms with Gasteiger partial charge in [-0.3, -0.25) is 4.79 Å². The number of carbonyl (C=O) groups excluding carboxylic acids is 1. The number of nitrogens with zero attached hydrogens (tertiary/aromatic N) is 1. The van der Waals surface area contributed by atoms with Gasteiger partial charge in [-0.15, -0.1) is 0 Å². The van der Waals surface area contributed by atoms with Crippen LogP contribution in [-0.4, -0.2) is 34.2 Å². The summed E-state index contributed by atoms with van der Waals surface area (Å²) < 4.78 is 5.60. The molecule has 0 aliphatic heterocycles. The summed E-state index contributed by atoms with van der Waals surface area (Å²) in [6.45, 7) is 8.03. The van der Waals surface area contributed by atoms with Gasteiger partial charge in [-0.05, 0) is 32.3 Å². The van der Waals surface area contributed by atoms with E-state index >= 15 is 0 Å². The second kappa shape index (κ2) is 7.98. The third-order valence-corrected chi connectivity index (χ3v) is 3.79. The average Bonchev–Trinajstić information content (AvgIpc) is 2.52. The number of aromatic nitrogens is 1. The average molecular weight is 294 g/mol. The van der Waals surface area contributed by atoms with Crippen molar-refractivity contribution in [3.05, 3.63) is 23.9 Å². The van der Waals surface area contributed by atoms with Gasteiger partial charge in [-0.1, -0.05) is 20.8 Å². The molecule has 0 aliphatic carbocycles. The Hall–Kier alpha value is -1.62. The van der Waals surface area contributed by atoms with E-state index in [9.17, 15) is 9.90 Å². The largest absolute Gasteiger partial charge is 0.475 e. The van der Waals surface area contributed by atoms with Gasteiger partial charge in [-0.2, -0.15) is 0 Å². The van der Waals surface area contributed by atoms with Gasteiger partial charge in [0.2, 0.25) is 5.88 Å². The minimum absolute atomic E-state index is 0.0566. The minimum atomic E-state index is -0.848. The van der Waals surface area contributed by atoms with Crippen molar-refractivity contribution in [2.24, 2.45) is 0 Å². The molecule has 0 aromatic carbocycles. The molecule has 21 heavy (non-hydrogen) atoms. The summed E-state index contributed by atoms with van der Waals surface area (Å²) in [4.78, 5) is 16.2. The summed E-state index contributed by atoms with van der Waals surface area (Å²) in [5, 5.41) is 12.9. The summed E-state index contributed by atoms with van der Waals surface area (Å²) in [5.74, 6) is 0.213. The third-order valence-electron chi connectivity index (χ3n) is 3.79. The number of rotatable bonds is 8. The molecule has 0 bridgehead atoms. The van der Waals surface area contributed by atoms with Crippen LogP contribution in [0.1, 0.15) is 57.3 Å². The topological polar surface area (TPSA) is 71.5 Å². The zero-order chi connectivity index (χ0) is 15.9. The lowest BCUT2D eigenvalue weighted by atomic mass is 9.97. The van der Waals surface area contributed by atoms with Crippen LogP contribution in [0.25, 0.3) is 0 Å². The van der Waals surface area contributed by atoms with Crippen LogP contribution >= 0.6 is 0 Å². The molecule has 0 aliphatic rings. The summed E-state index contributed by atoms with van der Waals surface area (Å²) in [7, 11) is 0. The van der Waals surface area contributed by atoms with E-state index in [0.29, 0.717) is 24.3 Å². The number of hydrogen-bond acceptors (Lipinski definition) is 4. The molecular weight excluding hydrogens is 268 g/mol. The Kier molecular flexibility index (Phi) is 6.62. The Morgan fingerprint density at radius 2 is 2.10 bits per heavy atom. The van der Waals surface area contributed by atoms with E-state index in [1.165, 1.54) is 0 Å². The number of hydrogen-bond donors (Lipinski definition) is 2. The molecule has 5 heteroatoms. The van der Waals surface area contributed by atoms with Crippen LogP contribution < -0.4 is 10.1 Å². The molecule has 1 heterocycles. The number of pyridine rings is 1. The Bertz CT molecular complexity index is 459. The maximum absolute atomic E-state index is 12.1. The van der Waals surface area contributed by atoms with Crippen molar-refractivity contribution in [1.29, 1.82) is 0 Å². The van der Waals surface area contributed by atoms with Crippen LogP contribution in [0.5, 0.6) is 5.88 Å². The zero-order valence-corrected chi connectivity index (χ0v) is 13.3. The molecule has 0 saturated heterocycles. The van der Waals surface area contributed by atoms with Crippen LogP contribution in [0.15, 0.2) is 18.3 Å². The van der Waals surface area contributed by atoms with E-state index in [1.54, 1.807) is 18.3 Å². The first-order valence-electron chi connectivity index (χ1n) is 7.57. The molecule has 0 radical (unpaired) electrons. The predicted molar refractivity (Wildman–Crippen MR) is 82.5 cm³/mol. The van der Waals surface area contributed by atoms with Crippen molar-refractivity contribution >= 4 is 5.91 Å². The molecule has 5 nitrogen and oxygen atoms in total. The molecule has 1 aromatic rings. The van der Waals surface area contributed by atoms with Gasteiger partial charge < -0.3 is 15.2 Å². The highest BCUT2D eigenvalue weighted by Crippen LogP contribution is 2.15. The van der Waals surface area contributed by atoms with Crippen molar-refractivity contribution in [3.8, 4) is 5.88 Å². The molecule has 1 atom stereocenters. The van der Waals surface area contributed by atoms with Crippen molar-refractivity contribution < 1.29 is 14.6 Å². The maximum atomic E-state index is 12.1. The zero-order valence-electron chi connectivity index (χ0n) is 13.3. The highest BCUT2D eigenvalue weighted by molar-refractivity contribution is 5.94. The molecule has 1 aromatic heterocycles. The molecular formula is C16H26N2O3. The van der Waals surface area contributed by atoms with Gasteiger partial charge in [0.15, 0.2) is 0 Å². The minimum Gasteiger partial charge on any atom is -0.475 e. The van der Waals surface area contributed by atoms with Crippen LogP contribution in [0.3, 0.4) is 0 Å². The van der Waals surface area contributed by atoms with Gasteiger partial charge in [0.25, 0.3) is 5.91 Å². The summed E-state index contributed by atoms with van der Waals surface area (Å²) >= 11 is 0. The Balaban J connectivity index is 2.68. The Labute approximate surface area is 126 Å². The fourth-order valence-corrected chi connectivity index (χ4v) is 1.75. The second-order valence-corrected chi connectivity index (χ2v) is 5.33. The predicted octanol–water partition coefficient (Wildman–Crippen LogP) is 2.54. The summed E-state index contributed by atoms with van der Waals surface area (Å²) in [6.07, 6.45) is 3.68. The highest BCUT2D eigenvalue weighted by Gasteiger charge is 2.23. The van der Waals surface area contributed by atoms with E-state index in [2.05, 4.69) is 10.3 Å². The molecule has 0 spiro atoms. The van der Waals surface area contributed by atoms with Crippen molar-refractivity contribution in [2.45, 2.75) is 58.7 Å². The molecule has 118 valence electrons. The van der Waals surface area contributed by atoms with Gasteiger partial charge in [0.1, 0.15) is 0 Å². The monoisotopic (exact) mass is 294 g/mol. The Morgan fingerprint density at radius 1 is 1.43 bits per heavy atom. The second-order valence-electron chi connectivity index (χ2n) is 5.33. The van der Waals surface area contributed by atoms with Gasteiger partial charge >= 0.3 is 0 Å². The van der Waals surface area contributed by atoms with E-state index in [1.807, 2.05) is 27.7 Å². The van der Waals surface area contributed by atoms with Crippen LogP contribution in [0.2, 0.25) is 0 Å². The number of amides is 1. The van der Waals surface area contributed by atoms with Crippen molar-refractivity contribution in [1.82, 2.24) is 10.3 Å². The molecule has 2 N–H and O–H groups in total. The first-order chi connectivity index (χ1) is 9.94. The third kappa shape index (κ3) is 5.34. The maximum Gasteiger partial charge on any atom is 0.251 e. The first-order valence-corrected chi connectivity index (χ1v) is 7.57. The van der Waals surface area contributed by atoms with Crippen LogP contribution in [0.4, 0.5) is 0 Å². The smallest absolute Gasteiger partial charge is 0.251 e. The lowest BCUT2D eigenvalue weighted by Crippen LogP contribution is -2.42. The quantitative estimate of drug-likeness (QED) is 0.773. The van der Waals surface area contributed by atoms with Crippen LogP contribution in [-0.2, 0) is 0 Å². The lowest BCUT2D eigenvalue weighted by molar-refractivity contribution is 0.0314. The SMILES string of the molecule is CCC(C)Oc1cc(C(=O)NCC(O)(CC)CC)ccn1. The van der Waals surface area contributed by atoms with Gasteiger partial charge in [-0.25, -0.2) is 4.98 Å². The summed E-state index contributed by atoms with van der Waals surface area (Å²) in [6, 6.07) is 3.26. The molecule has 1 amide bonds. The summed E-state index contributed by atoms with van der Waals surface area (Å²) in [5.41, 5.74) is -0.364. The molecule has 1 rings (SSSR count). The van der Waals surface area contributed by atoms with Gasteiger partial charge in [0.05, 0.1) is 11.7 Å². The van der Waals surface area contributed by atoms with Crippen LogP contribution in [0, 0.1) is 0 Å². The fourth-order valence-electron chi connectivity index (χ4n) is 1.75. The molecule has 0 saturated carbocycles. The standard InChI is InChI=1S/C16H26N2O3/c1-5-12(4)21-14-10-13(8-9-17-14)15(19)18-11-16(20,6-2)7-3/h8-10,12,20H,5-7,11H2,1-4H3,(H,18,19). The number of carbonyl (C=O) groups is 1. The van der Waals surface area contributed by atoms with E-state index in [0.717, 1.165) is 6.42 Å². The Morgan fingerprint density at radius 3 is 2.67 bits per heavy atom. The molecule has 0 fully saturated rings. The fraction of sp³-hybridized carbons (Fsp3) is 0.625. The highest BCUT2D eigenvalue weighted by atomic mass is 16.5. The number of nitrogens with one attached hydrogen (secondary N) is 1.